The highest BCUT2D eigenvalue weighted by atomic mass is 31.1. The van der Waals surface area contributed by atoms with Gasteiger partial charge < -0.3 is 4.74 Å². The van der Waals surface area contributed by atoms with Crippen LogP contribution < -0.4 is 4.57 Å². The van der Waals surface area contributed by atoms with Crippen molar-refractivity contribution in [2.45, 2.75) is 13.2 Å². The van der Waals surface area contributed by atoms with E-state index in [9.17, 15) is 4.79 Å². The molecule has 1 aliphatic rings. The van der Waals surface area contributed by atoms with E-state index in [1.54, 1.807) is 23.2 Å². The second-order valence-corrected chi connectivity index (χ2v) is 7.85. The van der Waals surface area contributed by atoms with Gasteiger partial charge in [0.15, 0.2) is 12.4 Å². The van der Waals surface area contributed by atoms with E-state index < -0.39 is 8.22 Å². The number of pyridine rings is 1. The fourth-order valence-corrected chi connectivity index (χ4v) is 3.33. The SMILES string of the molecule is CP1N=Cc2ncc(-c3cc[n+](CC(=O)OCc4ccccc4)cc3)nc2C=N1. The fourth-order valence-electron chi connectivity index (χ4n) is 2.72. The summed E-state index contributed by atoms with van der Waals surface area (Å²) in [4.78, 5) is 21.1. The van der Waals surface area contributed by atoms with E-state index in [1.165, 1.54) is 0 Å². The molecule has 0 bridgehead atoms. The van der Waals surface area contributed by atoms with Crippen LogP contribution in [0.3, 0.4) is 0 Å². The summed E-state index contributed by atoms with van der Waals surface area (Å²) in [6.07, 6.45) is 8.83. The van der Waals surface area contributed by atoms with Crippen LogP contribution in [0.25, 0.3) is 11.3 Å². The first-order chi connectivity index (χ1) is 14.2. The first-order valence-electron chi connectivity index (χ1n) is 9.05. The summed E-state index contributed by atoms with van der Waals surface area (Å²) in [6.45, 7) is 2.38. The summed E-state index contributed by atoms with van der Waals surface area (Å²) in [5.74, 6) is -0.289. The van der Waals surface area contributed by atoms with Crippen LogP contribution in [-0.2, 0) is 22.7 Å². The van der Waals surface area contributed by atoms with E-state index in [0.29, 0.717) is 5.69 Å². The Morgan fingerprint density at radius 2 is 1.76 bits per heavy atom. The highest BCUT2D eigenvalue weighted by Gasteiger charge is 2.13. The van der Waals surface area contributed by atoms with Gasteiger partial charge in [0.25, 0.3) is 0 Å². The lowest BCUT2D eigenvalue weighted by atomic mass is 10.2. The second kappa shape index (κ2) is 8.80. The van der Waals surface area contributed by atoms with Crippen LogP contribution in [0.2, 0.25) is 0 Å². The van der Waals surface area contributed by atoms with Crippen LogP contribution >= 0.6 is 8.22 Å². The lowest BCUT2D eigenvalue weighted by Crippen LogP contribution is -2.37. The lowest BCUT2D eigenvalue weighted by Gasteiger charge is -2.04. The van der Waals surface area contributed by atoms with E-state index in [-0.39, 0.29) is 19.1 Å². The van der Waals surface area contributed by atoms with Gasteiger partial charge in [-0.25, -0.2) is 19.3 Å². The number of rotatable bonds is 5. The standard InChI is InChI=1S/C21H19N5O2P/c1-29-23-12-19-20(13-24-29)25-18(11-22-19)17-7-9-26(10-8-17)14-21(27)28-15-16-5-3-2-4-6-16/h2-13H,14-15H2,1H3/q+1. The summed E-state index contributed by atoms with van der Waals surface area (Å²) in [7, 11) is -0.748. The Kier molecular flexibility index (Phi) is 5.77. The molecule has 4 rings (SSSR count). The molecule has 3 heterocycles. The first-order valence-corrected chi connectivity index (χ1v) is 10.7. The zero-order chi connectivity index (χ0) is 20.1. The summed E-state index contributed by atoms with van der Waals surface area (Å²) in [5, 5.41) is 0. The molecule has 144 valence electrons. The third-order valence-electron chi connectivity index (χ3n) is 4.26. The number of ether oxygens (including phenoxy) is 1. The molecular formula is C21H19N5O2P+. The molecule has 3 aromatic rings. The van der Waals surface area contributed by atoms with Crippen LogP contribution in [0.1, 0.15) is 17.0 Å². The third kappa shape index (κ3) is 4.95. The van der Waals surface area contributed by atoms with Crippen molar-refractivity contribution in [2.75, 3.05) is 6.66 Å². The summed E-state index contributed by atoms with van der Waals surface area (Å²) in [6, 6.07) is 13.4. The van der Waals surface area contributed by atoms with Crippen molar-refractivity contribution in [3.63, 3.8) is 0 Å². The topological polar surface area (TPSA) is 80.7 Å². The number of esters is 1. The minimum absolute atomic E-state index is 0.145. The van der Waals surface area contributed by atoms with Crippen molar-refractivity contribution >= 4 is 26.6 Å². The molecule has 0 aliphatic carbocycles. The molecule has 2 aromatic heterocycles. The van der Waals surface area contributed by atoms with Gasteiger partial charge in [-0.3, -0.25) is 4.98 Å². The molecule has 0 saturated heterocycles. The van der Waals surface area contributed by atoms with E-state index in [4.69, 9.17) is 4.74 Å². The molecule has 0 spiro atoms. The molecular weight excluding hydrogens is 385 g/mol. The summed E-state index contributed by atoms with van der Waals surface area (Å²) >= 11 is 0. The van der Waals surface area contributed by atoms with Crippen molar-refractivity contribution in [2.24, 2.45) is 9.53 Å². The maximum absolute atomic E-state index is 12.1. The molecule has 7 nitrogen and oxygen atoms in total. The maximum Gasteiger partial charge on any atom is 0.373 e. The molecule has 8 heteroatoms. The number of carbonyl (C=O) groups excluding carboxylic acids is 1. The molecule has 1 aliphatic heterocycles. The number of carbonyl (C=O) groups is 1. The summed E-state index contributed by atoms with van der Waals surface area (Å²) in [5.41, 5.74) is 4.04. The predicted octanol–water partition coefficient (Wildman–Crippen LogP) is 2.97. The summed E-state index contributed by atoms with van der Waals surface area (Å²) < 4.78 is 15.8. The zero-order valence-electron chi connectivity index (χ0n) is 15.8. The monoisotopic (exact) mass is 404 g/mol. The molecule has 1 atom stereocenters. The van der Waals surface area contributed by atoms with Crippen molar-refractivity contribution in [1.29, 1.82) is 0 Å². The van der Waals surface area contributed by atoms with Gasteiger partial charge in [-0.1, -0.05) is 30.3 Å². The number of fused-ring (bicyclic) bond motifs is 1. The van der Waals surface area contributed by atoms with Crippen molar-refractivity contribution in [3.05, 3.63) is 78.0 Å². The molecule has 0 N–H and O–H groups in total. The molecule has 0 saturated carbocycles. The first kappa shape index (κ1) is 19.0. The van der Waals surface area contributed by atoms with Crippen molar-refractivity contribution in [3.8, 4) is 11.3 Å². The van der Waals surface area contributed by atoms with Gasteiger partial charge >= 0.3 is 5.97 Å². The van der Waals surface area contributed by atoms with Gasteiger partial charge in [0.1, 0.15) is 26.2 Å². The average molecular weight is 404 g/mol. The number of aromatic nitrogens is 3. The maximum atomic E-state index is 12.1. The van der Waals surface area contributed by atoms with E-state index >= 15 is 0 Å². The van der Waals surface area contributed by atoms with E-state index in [0.717, 1.165) is 22.5 Å². The molecule has 0 fully saturated rings. The highest BCUT2D eigenvalue weighted by Crippen LogP contribution is 2.34. The van der Waals surface area contributed by atoms with Gasteiger partial charge in [-0.2, -0.15) is 4.57 Å². The van der Waals surface area contributed by atoms with Gasteiger partial charge in [-0.05, 0) is 12.2 Å². The molecule has 0 amide bonds. The Labute approximate surface area is 169 Å². The van der Waals surface area contributed by atoms with Crippen LogP contribution in [-0.4, -0.2) is 35.0 Å². The predicted molar refractivity (Wildman–Crippen MR) is 112 cm³/mol. The number of hydrogen-bond acceptors (Lipinski definition) is 6. The number of hydrogen-bond donors (Lipinski definition) is 0. The molecule has 1 aromatic carbocycles. The zero-order valence-corrected chi connectivity index (χ0v) is 16.7. The second-order valence-electron chi connectivity index (χ2n) is 6.41. The largest absolute Gasteiger partial charge is 0.456 e. The van der Waals surface area contributed by atoms with Crippen LogP contribution in [0.4, 0.5) is 0 Å². The Morgan fingerprint density at radius 1 is 1.03 bits per heavy atom. The smallest absolute Gasteiger partial charge is 0.373 e. The van der Waals surface area contributed by atoms with Crippen LogP contribution in [0, 0.1) is 0 Å². The van der Waals surface area contributed by atoms with Crippen molar-refractivity contribution in [1.82, 2.24) is 9.97 Å². The fraction of sp³-hybridized carbons (Fsp3) is 0.143. The van der Waals surface area contributed by atoms with E-state index in [1.807, 2.05) is 61.5 Å². The average Bonchev–Trinajstić information content (AvgIpc) is 2.95. The van der Waals surface area contributed by atoms with Gasteiger partial charge in [0.2, 0.25) is 6.54 Å². The minimum atomic E-state index is -0.748. The minimum Gasteiger partial charge on any atom is -0.456 e. The number of nitrogens with zero attached hydrogens (tertiary/aromatic N) is 5. The van der Waals surface area contributed by atoms with Gasteiger partial charge in [-0.15, -0.1) is 0 Å². The Balaban J connectivity index is 1.41. The molecule has 1 unspecified atom stereocenters. The quantitative estimate of drug-likeness (QED) is 0.372. The lowest BCUT2D eigenvalue weighted by molar-refractivity contribution is -0.685. The highest BCUT2D eigenvalue weighted by molar-refractivity contribution is 7.54. The molecule has 0 radical (unpaired) electrons. The van der Waals surface area contributed by atoms with E-state index in [2.05, 4.69) is 19.5 Å². The Morgan fingerprint density at radius 3 is 2.52 bits per heavy atom. The third-order valence-corrected chi connectivity index (χ3v) is 5.16. The van der Waals surface area contributed by atoms with Gasteiger partial charge in [0.05, 0.1) is 24.3 Å². The van der Waals surface area contributed by atoms with Gasteiger partial charge in [0, 0.05) is 17.7 Å². The Hall–Kier alpha value is -3.31. The number of benzene rings is 1. The molecule has 29 heavy (non-hydrogen) atoms. The Bertz CT molecular complexity index is 1070. The van der Waals surface area contributed by atoms with Crippen LogP contribution in [0.5, 0.6) is 0 Å². The van der Waals surface area contributed by atoms with Crippen molar-refractivity contribution < 1.29 is 14.1 Å². The van der Waals surface area contributed by atoms with Crippen LogP contribution in [0.15, 0.2) is 70.6 Å². The normalized spacial score (nSPS) is 14.9.